The number of pyridine rings is 1. The smallest absolute Gasteiger partial charge is 0.130 e. The number of hydrogen-bond acceptors (Lipinski definition) is 3. The molecule has 0 saturated carbocycles. The topological polar surface area (TPSA) is 42.1 Å². The van der Waals surface area contributed by atoms with Crippen LogP contribution in [-0.2, 0) is 0 Å². The van der Waals surface area contributed by atoms with Crippen molar-refractivity contribution in [3.05, 3.63) is 17.3 Å². The van der Waals surface area contributed by atoms with Crippen LogP contribution in [0.3, 0.4) is 0 Å². The SMILES string of the molecule is Nc1cnc(N2CCCCC2)cc1Cl. The highest BCUT2D eigenvalue weighted by molar-refractivity contribution is 6.33. The first kappa shape index (κ1) is 9.59. The van der Waals surface area contributed by atoms with E-state index < -0.39 is 0 Å². The Morgan fingerprint density at radius 1 is 1.29 bits per heavy atom. The number of hydrogen-bond donors (Lipinski definition) is 1. The molecule has 2 heterocycles. The molecule has 1 fully saturated rings. The number of rotatable bonds is 1. The summed E-state index contributed by atoms with van der Waals surface area (Å²) in [7, 11) is 0. The molecule has 0 aliphatic carbocycles. The molecule has 3 nitrogen and oxygen atoms in total. The van der Waals surface area contributed by atoms with Crippen molar-refractivity contribution >= 4 is 23.1 Å². The van der Waals surface area contributed by atoms with E-state index in [9.17, 15) is 0 Å². The monoisotopic (exact) mass is 211 g/mol. The van der Waals surface area contributed by atoms with Gasteiger partial charge in [-0.1, -0.05) is 11.6 Å². The lowest BCUT2D eigenvalue weighted by molar-refractivity contribution is 0.573. The fourth-order valence-corrected chi connectivity index (χ4v) is 1.87. The van der Waals surface area contributed by atoms with Crippen LogP contribution < -0.4 is 10.6 Å². The van der Waals surface area contributed by atoms with E-state index in [1.54, 1.807) is 6.20 Å². The van der Waals surface area contributed by atoms with Crippen molar-refractivity contribution in [2.45, 2.75) is 19.3 Å². The predicted molar refractivity (Wildman–Crippen MR) is 59.7 cm³/mol. The largest absolute Gasteiger partial charge is 0.396 e. The number of piperidine rings is 1. The average molecular weight is 212 g/mol. The first-order valence-corrected chi connectivity index (χ1v) is 5.31. The van der Waals surface area contributed by atoms with Crippen LogP contribution in [0.1, 0.15) is 19.3 Å². The molecule has 2 rings (SSSR count). The van der Waals surface area contributed by atoms with Gasteiger partial charge < -0.3 is 10.6 Å². The fourth-order valence-electron chi connectivity index (χ4n) is 1.73. The maximum Gasteiger partial charge on any atom is 0.130 e. The van der Waals surface area contributed by atoms with Gasteiger partial charge in [-0.15, -0.1) is 0 Å². The molecule has 76 valence electrons. The first-order valence-electron chi connectivity index (χ1n) is 4.93. The van der Waals surface area contributed by atoms with E-state index >= 15 is 0 Å². The Kier molecular flexibility index (Phi) is 2.77. The summed E-state index contributed by atoms with van der Waals surface area (Å²) in [4.78, 5) is 6.54. The quantitative estimate of drug-likeness (QED) is 0.775. The molecule has 0 bridgehead atoms. The summed E-state index contributed by atoms with van der Waals surface area (Å²) in [5.41, 5.74) is 6.15. The van der Waals surface area contributed by atoms with E-state index in [-0.39, 0.29) is 0 Å². The van der Waals surface area contributed by atoms with Gasteiger partial charge in [0.15, 0.2) is 0 Å². The number of nitrogens with two attached hydrogens (primary N) is 1. The van der Waals surface area contributed by atoms with Crippen LogP contribution in [0.2, 0.25) is 5.02 Å². The Morgan fingerprint density at radius 2 is 2.00 bits per heavy atom. The van der Waals surface area contributed by atoms with Crippen LogP contribution in [0, 0.1) is 0 Å². The molecule has 14 heavy (non-hydrogen) atoms. The Bertz CT molecular complexity index is 321. The molecule has 0 aromatic carbocycles. The van der Waals surface area contributed by atoms with Crippen molar-refractivity contribution in [1.82, 2.24) is 4.98 Å². The number of halogens is 1. The van der Waals surface area contributed by atoms with E-state index in [4.69, 9.17) is 17.3 Å². The number of nitrogen functional groups attached to an aromatic ring is 1. The van der Waals surface area contributed by atoms with Crippen molar-refractivity contribution in [2.24, 2.45) is 0 Å². The second kappa shape index (κ2) is 4.05. The van der Waals surface area contributed by atoms with Gasteiger partial charge in [0.1, 0.15) is 5.82 Å². The second-order valence-electron chi connectivity index (χ2n) is 3.61. The molecule has 0 amide bonds. The second-order valence-corrected chi connectivity index (χ2v) is 4.02. The van der Waals surface area contributed by atoms with E-state index in [1.807, 2.05) is 6.07 Å². The van der Waals surface area contributed by atoms with Crippen LogP contribution in [0.25, 0.3) is 0 Å². The van der Waals surface area contributed by atoms with Crippen molar-refractivity contribution in [1.29, 1.82) is 0 Å². The molecule has 1 aromatic heterocycles. The summed E-state index contributed by atoms with van der Waals surface area (Å²) in [6.45, 7) is 2.15. The van der Waals surface area contributed by atoms with E-state index in [1.165, 1.54) is 19.3 Å². The zero-order valence-electron chi connectivity index (χ0n) is 8.04. The third kappa shape index (κ3) is 1.93. The van der Waals surface area contributed by atoms with Crippen LogP contribution in [-0.4, -0.2) is 18.1 Å². The fraction of sp³-hybridized carbons (Fsp3) is 0.500. The van der Waals surface area contributed by atoms with Crippen LogP contribution in [0.5, 0.6) is 0 Å². The van der Waals surface area contributed by atoms with Gasteiger partial charge in [-0.25, -0.2) is 4.98 Å². The summed E-state index contributed by atoms with van der Waals surface area (Å²) < 4.78 is 0. The minimum absolute atomic E-state index is 0.549. The number of aromatic nitrogens is 1. The lowest BCUT2D eigenvalue weighted by Crippen LogP contribution is -2.30. The Labute approximate surface area is 88.9 Å². The van der Waals surface area contributed by atoms with Crippen molar-refractivity contribution in [3.63, 3.8) is 0 Å². The van der Waals surface area contributed by atoms with Crippen LogP contribution in [0.4, 0.5) is 11.5 Å². The summed E-state index contributed by atoms with van der Waals surface area (Å²) in [6, 6.07) is 1.85. The van der Waals surface area contributed by atoms with E-state index in [2.05, 4.69) is 9.88 Å². The maximum atomic E-state index is 5.94. The molecule has 1 saturated heterocycles. The van der Waals surface area contributed by atoms with E-state index in [0.29, 0.717) is 10.7 Å². The van der Waals surface area contributed by atoms with Crippen molar-refractivity contribution < 1.29 is 0 Å². The molecule has 0 spiro atoms. The summed E-state index contributed by atoms with van der Waals surface area (Å²) in [5, 5.41) is 0.598. The predicted octanol–water partition coefficient (Wildman–Crippen LogP) is 2.31. The summed E-state index contributed by atoms with van der Waals surface area (Å²) in [6.07, 6.45) is 5.43. The maximum absolute atomic E-state index is 5.94. The lowest BCUT2D eigenvalue weighted by Gasteiger charge is -2.27. The summed E-state index contributed by atoms with van der Waals surface area (Å²) in [5.74, 6) is 0.948. The van der Waals surface area contributed by atoms with Gasteiger partial charge in [0.2, 0.25) is 0 Å². The van der Waals surface area contributed by atoms with Gasteiger partial charge in [-0.05, 0) is 19.3 Å². The third-order valence-electron chi connectivity index (χ3n) is 2.55. The summed E-state index contributed by atoms with van der Waals surface area (Å²) >= 11 is 5.94. The third-order valence-corrected chi connectivity index (χ3v) is 2.87. The van der Waals surface area contributed by atoms with Gasteiger partial charge in [-0.3, -0.25) is 0 Å². The highest BCUT2D eigenvalue weighted by Crippen LogP contribution is 2.24. The minimum Gasteiger partial charge on any atom is -0.396 e. The van der Waals surface area contributed by atoms with Gasteiger partial charge in [0.05, 0.1) is 16.9 Å². The number of anilines is 2. The molecule has 4 heteroatoms. The normalized spacial score (nSPS) is 17.1. The van der Waals surface area contributed by atoms with Crippen molar-refractivity contribution in [2.75, 3.05) is 23.7 Å². The molecular weight excluding hydrogens is 198 g/mol. The van der Waals surface area contributed by atoms with Gasteiger partial charge in [0.25, 0.3) is 0 Å². The van der Waals surface area contributed by atoms with Crippen LogP contribution in [0.15, 0.2) is 12.3 Å². The minimum atomic E-state index is 0.549. The molecule has 0 atom stereocenters. The molecule has 2 N–H and O–H groups in total. The van der Waals surface area contributed by atoms with Crippen molar-refractivity contribution in [3.8, 4) is 0 Å². The molecule has 1 aromatic rings. The lowest BCUT2D eigenvalue weighted by atomic mass is 10.1. The molecule has 0 radical (unpaired) electrons. The zero-order valence-corrected chi connectivity index (χ0v) is 8.80. The van der Waals surface area contributed by atoms with Crippen LogP contribution >= 0.6 is 11.6 Å². The van der Waals surface area contributed by atoms with E-state index in [0.717, 1.165) is 18.9 Å². The highest BCUT2D eigenvalue weighted by atomic mass is 35.5. The molecule has 0 unspecified atom stereocenters. The Morgan fingerprint density at radius 3 is 2.64 bits per heavy atom. The number of nitrogens with zero attached hydrogens (tertiary/aromatic N) is 2. The Balaban J connectivity index is 2.18. The molecule has 1 aliphatic rings. The molecule has 1 aliphatic heterocycles. The average Bonchev–Trinajstić information content (AvgIpc) is 2.23. The van der Waals surface area contributed by atoms with Gasteiger partial charge >= 0.3 is 0 Å². The van der Waals surface area contributed by atoms with Gasteiger partial charge in [-0.2, -0.15) is 0 Å². The first-order chi connectivity index (χ1) is 6.77. The highest BCUT2D eigenvalue weighted by Gasteiger charge is 2.12. The Hall–Kier alpha value is -0.960. The zero-order chi connectivity index (χ0) is 9.97. The molecular formula is C10H14ClN3. The van der Waals surface area contributed by atoms with Gasteiger partial charge in [0, 0.05) is 19.2 Å². The standard InChI is InChI=1S/C10H14ClN3/c11-8-6-10(13-7-9(8)12)14-4-2-1-3-5-14/h6-7H,1-5,12H2.